The van der Waals surface area contributed by atoms with Crippen LogP contribution in [0.1, 0.15) is 18.4 Å². The van der Waals surface area contributed by atoms with E-state index in [1.165, 1.54) is 7.11 Å². The van der Waals surface area contributed by atoms with Crippen LogP contribution in [-0.4, -0.2) is 86.6 Å². The van der Waals surface area contributed by atoms with Crippen LogP contribution in [0.5, 0.6) is 17.4 Å². The number of hydrogen-bond donors (Lipinski definition) is 0. The molecule has 206 valence electrons. The minimum absolute atomic E-state index is 0.266. The normalized spacial score (nSPS) is 16.4. The number of carbonyl (C=O) groups is 2. The number of pyridine rings is 2. The maximum atomic E-state index is 12.7. The van der Waals surface area contributed by atoms with Gasteiger partial charge in [0.05, 0.1) is 43.9 Å². The second-order valence-corrected chi connectivity index (χ2v) is 9.34. The molecule has 0 unspecified atom stereocenters. The SMILES string of the molecule is COC(=O)CCN(CCc1ccnc2ccc(OC)nc12)CC[C@@H]1CN(c2ccc3c(c2)OCCO3)C(=O)O1. The van der Waals surface area contributed by atoms with Gasteiger partial charge in [0.25, 0.3) is 0 Å². The van der Waals surface area contributed by atoms with Crippen LogP contribution in [0.15, 0.2) is 42.6 Å². The topological polar surface area (TPSA) is 113 Å². The van der Waals surface area contributed by atoms with E-state index in [1.807, 2.05) is 30.3 Å². The van der Waals surface area contributed by atoms with E-state index in [0.29, 0.717) is 75.3 Å². The Balaban J connectivity index is 1.22. The Morgan fingerprint density at radius 3 is 2.74 bits per heavy atom. The van der Waals surface area contributed by atoms with Gasteiger partial charge in [0.2, 0.25) is 5.88 Å². The van der Waals surface area contributed by atoms with E-state index in [1.54, 1.807) is 24.3 Å². The largest absolute Gasteiger partial charge is 0.486 e. The molecule has 0 bridgehead atoms. The first-order chi connectivity index (χ1) is 19.0. The van der Waals surface area contributed by atoms with E-state index in [0.717, 1.165) is 16.6 Å². The summed E-state index contributed by atoms with van der Waals surface area (Å²) in [4.78, 5) is 37.3. The molecule has 2 aromatic heterocycles. The highest BCUT2D eigenvalue weighted by atomic mass is 16.6. The molecule has 11 nitrogen and oxygen atoms in total. The molecule has 5 rings (SSSR count). The van der Waals surface area contributed by atoms with E-state index in [9.17, 15) is 9.59 Å². The predicted octanol–water partition coefficient (Wildman–Crippen LogP) is 3.23. The highest BCUT2D eigenvalue weighted by Crippen LogP contribution is 2.35. The van der Waals surface area contributed by atoms with Gasteiger partial charge in [0, 0.05) is 38.0 Å². The van der Waals surface area contributed by atoms with Crippen molar-refractivity contribution in [3.63, 3.8) is 0 Å². The average Bonchev–Trinajstić information content (AvgIpc) is 3.36. The molecule has 0 N–H and O–H groups in total. The minimum atomic E-state index is -0.388. The number of cyclic esters (lactones) is 1. The number of benzene rings is 1. The number of esters is 1. The monoisotopic (exact) mass is 536 g/mol. The number of ether oxygens (including phenoxy) is 5. The Kier molecular flexibility index (Phi) is 8.26. The number of anilines is 1. The van der Waals surface area contributed by atoms with Crippen LogP contribution in [0.3, 0.4) is 0 Å². The van der Waals surface area contributed by atoms with Crippen LogP contribution in [0.25, 0.3) is 11.0 Å². The van der Waals surface area contributed by atoms with Crippen molar-refractivity contribution in [1.82, 2.24) is 14.9 Å². The number of nitrogens with zero attached hydrogens (tertiary/aromatic N) is 4. The van der Waals surface area contributed by atoms with Crippen molar-refractivity contribution >= 4 is 28.8 Å². The zero-order valence-corrected chi connectivity index (χ0v) is 22.1. The summed E-state index contributed by atoms with van der Waals surface area (Å²) < 4.78 is 27.1. The highest BCUT2D eigenvalue weighted by Gasteiger charge is 2.33. The lowest BCUT2D eigenvalue weighted by Crippen LogP contribution is -2.33. The van der Waals surface area contributed by atoms with Crippen molar-refractivity contribution in [3.8, 4) is 17.4 Å². The van der Waals surface area contributed by atoms with Gasteiger partial charge in [-0.1, -0.05) is 0 Å². The first-order valence-corrected chi connectivity index (χ1v) is 13.0. The fourth-order valence-corrected chi connectivity index (χ4v) is 4.75. The third-order valence-electron chi connectivity index (χ3n) is 6.89. The summed E-state index contributed by atoms with van der Waals surface area (Å²) in [5, 5.41) is 0. The maximum Gasteiger partial charge on any atom is 0.414 e. The van der Waals surface area contributed by atoms with Crippen LogP contribution < -0.4 is 19.1 Å². The number of rotatable bonds is 11. The average molecular weight is 537 g/mol. The van der Waals surface area contributed by atoms with Gasteiger partial charge in [-0.15, -0.1) is 0 Å². The van der Waals surface area contributed by atoms with Gasteiger partial charge >= 0.3 is 12.1 Å². The Morgan fingerprint density at radius 1 is 1.08 bits per heavy atom. The molecule has 1 amide bonds. The highest BCUT2D eigenvalue weighted by molar-refractivity contribution is 5.90. The molecule has 0 radical (unpaired) electrons. The second kappa shape index (κ2) is 12.2. The fourth-order valence-electron chi connectivity index (χ4n) is 4.75. The summed E-state index contributed by atoms with van der Waals surface area (Å²) in [7, 11) is 2.97. The van der Waals surface area contributed by atoms with Crippen LogP contribution >= 0.6 is 0 Å². The standard InChI is InChI=1S/C28H32N4O7/c1-35-25-6-4-22-27(30-25)19(7-11-29-22)8-12-31(14-10-26(33)36-2)13-9-21-18-32(28(34)39-21)20-3-5-23-24(17-20)38-16-15-37-23/h3-7,11,17,21H,8-10,12-16,18H2,1-2H3/t21-/m1/s1. The van der Waals surface area contributed by atoms with Crippen LogP contribution in [0.2, 0.25) is 0 Å². The number of methoxy groups -OCH3 is 2. The summed E-state index contributed by atoms with van der Waals surface area (Å²) in [6.45, 7) is 3.27. The van der Waals surface area contributed by atoms with Crippen molar-refractivity contribution in [2.24, 2.45) is 0 Å². The number of fused-ring (bicyclic) bond motifs is 2. The van der Waals surface area contributed by atoms with Crippen LogP contribution in [-0.2, 0) is 20.7 Å². The minimum Gasteiger partial charge on any atom is -0.486 e. The van der Waals surface area contributed by atoms with Crippen molar-refractivity contribution in [1.29, 1.82) is 0 Å². The van der Waals surface area contributed by atoms with Crippen molar-refractivity contribution in [2.45, 2.75) is 25.4 Å². The molecular formula is C28H32N4O7. The molecule has 1 atom stereocenters. The van der Waals surface area contributed by atoms with Gasteiger partial charge in [-0.2, -0.15) is 0 Å². The number of hydrogen-bond acceptors (Lipinski definition) is 10. The van der Waals surface area contributed by atoms with Crippen molar-refractivity contribution in [3.05, 3.63) is 48.2 Å². The molecule has 0 saturated carbocycles. The first-order valence-electron chi connectivity index (χ1n) is 13.0. The van der Waals surface area contributed by atoms with E-state index in [-0.39, 0.29) is 24.6 Å². The summed E-state index contributed by atoms with van der Waals surface area (Å²) in [5.41, 5.74) is 3.34. The molecule has 2 aliphatic rings. The predicted molar refractivity (Wildman–Crippen MR) is 143 cm³/mol. The first kappa shape index (κ1) is 26.5. The Bertz CT molecular complexity index is 1330. The van der Waals surface area contributed by atoms with E-state index in [2.05, 4.69) is 14.9 Å². The second-order valence-electron chi connectivity index (χ2n) is 9.34. The van der Waals surface area contributed by atoms with Crippen molar-refractivity contribution in [2.75, 3.05) is 58.5 Å². The molecular weight excluding hydrogens is 504 g/mol. The summed E-state index contributed by atoms with van der Waals surface area (Å²) >= 11 is 0. The molecule has 1 saturated heterocycles. The molecule has 1 aromatic carbocycles. The van der Waals surface area contributed by atoms with Gasteiger partial charge in [0.1, 0.15) is 19.3 Å². The quantitative estimate of drug-likeness (QED) is 0.339. The lowest BCUT2D eigenvalue weighted by molar-refractivity contribution is -0.141. The van der Waals surface area contributed by atoms with E-state index >= 15 is 0 Å². The van der Waals surface area contributed by atoms with Gasteiger partial charge in [-0.3, -0.25) is 14.7 Å². The van der Waals surface area contributed by atoms with Crippen molar-refractivity contribution < 1.29 is 33.3 Å². The molecule has 3 aromatic rings. The zero-order valence-electron chi connectivity index (χ0n) is 22.1. The molecule has 39 heavy (non-hydrogen) atoms. The van der Waals surface area contributed by atoms with Crippen LogP contribution in [0.4, 0.5) is 10.5 Å². The van der Waals surface area contributed by atoms with E-state index < -0.39 is 0 Å². The maximum absolute atomic E-state index is 12.7. The molecule has 0 aliphatic carbocycles. The Labute approximate surface area is 226 Å². The van der Waals surface area contributed by atoms with Gasteiger partial charge < -0.3 is 28.6 Å². The zero-order chi connectivity index (χ0) is 27.2. The summed E-state index contributed by atoms with van der Waals surface area (Å²) in [6.07, 6.45) is 2.70. The summed E-state index contributed by atoms with van der Waals surface area (Å²) in [5.74, 6) is 1.56. The third kappa shape index (κ3) is 6.31. The van der Waals surface area contributed by atoms with Gasteiger partial charge in [-0.25, -0.2) is 9.78 Å². The summed E-state index contributed by atoms with van der Waals surface area (Å²) in [6, 6.07) is 11.1. The molecule has 1 fully saturated rings. The molecule has 0 spiro atoms. The molecule has 11 heteroatoms. The number of amides is 1. The van der Waals surface area contributed by atoms with E-state index in [4.69, 9.17) is 23.7 Å². The van der Waals surface area contributed by atoms with Crippen LogP contribution in [0, 0.1) is 0 Å². The molecule has 2 aliphatic heterocycles. The lowest BCUT2D eigenvalue weighted by Gasteiger charge is -2.23. The molecule has 4 heterocycles. The third-order valence-corrected chi connectivity index (χ3v) is 6.89. The number of carbonyl (C=O) groups excluding carboxylic acids is 2. The van der Waals surface area contributed by atoms with Gasteiger partial charge in [0.15, 0.2) is 11.5 Å². The lowest BCUT2D eigenvalue weighted by atomic mass is 10.1. The number of aromatic nitrogens is 2. The smallest absolute Gasteiger partial charge is 0.414 e. The Hall–Kier alpha value is -4.12. The van der Waals surface area contributed by atoms with Gasteiger partial charge in [-0.05, 0) is 42.7 Å². The fraction of sp³-hybridized carbons (Fsp3) is 0.429. The Morgan fingerprint density at radius 2 is 1.92 bits per heavy atom.